The fourth-order valence-electron chi connectivity index (χ4n) is 2.94. The SMILES string of the molecule is Cc1[nH]n(-c2ccccc2)c(=O)c1NC(NS(=O)(=O)c1ccccc1)(C(F)(F)F)C(F)(F)F. The Kier molecular flexibility index (Phi) is 6.10. The highest BCUT2D eigenvalue weighted by molar-refractivity contribution is 7.89. The molecular weight excluding hydrogens is 478 g/mol. The van der Waals surface area contributed by atoms with Crippen LogP contribution in [-0.4, -0.2) is 36.2 Å². The minimum Gasteiger partial charge on any atom is -0.345 e. The van der Waals surface area contributed by atoms with Crippen molar-refractivity contribution in [2.75, 3.05) is 5.32 Å². The summed E-state index contributed by atoms with van der Waals surface area (Å²) < 4.78 is 110. The first-order chi connectivity index (χ1) is 15.2. The third-order valence-electron chi connectivity index (χ3n) is 4.59. The number of alkyl halides is 6. The van der Waals surface area contributed by atoms with Gasteiger partial charge in [0.15, 0.2) is 0 Å². The number of aromatic nitrogens is 2. The summed E-state index contributed by atoms with van der Waals surface area (Å²) in [4.78, 5) is 11.9. The van der Waals surface area contributed by atoms with Crippen molar-refractivity contribution in [2.45, 2.75) is 29.8 Å². The Balaban J connectivity index is 2.19. The summed E-state index contributed by atoms with van der Waals surface area (Å²) in [6.07, 6.45) is -12.5. The van der Waals surface area contributed by atoms with Crippen LogP contribution in [0.4, 0.5) is 32.0 Å². The molecule has 0 amide bonds. The van der Waals surface area contributed by atoms with Crippen molar-refractivity contribution in [3.8, 4) is 5.69 Å². The topological polar surface area (TPSA) is 96.0 Å². The van der Waals surface area contributed by atoms with E-state index in [1.807, 2.05) is 0 Å². The Hall–Kier alpha value is -3.26. The van der Waals surface area contributed by atoms with Crippen LogP contribution in [0.1, 0.15) is 5.69 Å². The van der Waals surface area contributed by atoms with E-state index in [0.717, 1.165) is 41.2 Å². The number of para-hydroxylation sites is 1. The van der Waals surface area contributed by atoms with Gasteiger partial charge in [-0.1, -0.05) is 36.4 Å². The molecule has 0 aliphatic heterocycles. The van der Waals surface area contributed by atoms with Crippen molar-refractivity contribution in [3.63, 3.8) is 0 Å². The van der Waals surface area contributed by atoms with Gasteiger partial charge in [0.1, 0.15) is 5.69 Å². The molecule has 3 rings (SSSR count). The molecule has 0 radical (unpaired) electrons. The van der Waals surface area contributed by atoms with Crippen molar-refractivity contribution in [2.24, 2.45) is 0 Å². The molecule has 3 N–H and O–H groups in total. The van der Waals surface area contributed by atoms with E-state index < -0.39 is 44.2 Å². The van der Waals surface area contributed by atoms with Crippen LogP contribution in [-0.2, 0) is 10.0 Å². The molecule has 1 heterocycles. The van der Waals surface area contributed by atoms with E-state index >= 15 is 0 Å². The number of aryl methyl sites for hydroxylation is 1. The number of nitrogens with one attached hydrogen (secondary N) is 3. The Morgan fingerprint density at radius 2 is 1.33 bits per heavy atom. The Labute approximate surface area is 183 Å². The number of hydrogen-bond donors (Lipinski definition) is 3. The van der Waals surface area contributed by atoms with Crippen LogP contribution in [0.5, 0.6) is 0 Å². The number of rotatable bonds is 6. The lowest BCUT2D eigenvalue weighted by Gasteiger charge is -2.38. The normalized spacial score (nSPS) is 13.2. The lowest BCUT2D eigenvalue weighted by Crippen LogP contribution is -2.72. The molecule has 178 valence electrons. The van der Waals surface area contributed by atoms with E-state index in [9.17, 15) is 39.6 Å². The van der Waals surface area contributed by atoms with Crippen LogP contribution >= 0.6 is 0 Å². The van der Waals surface area contributed by atoms with Gasteiger partial charge in [0.2, 0.25) is 10.0 Å². The summed E-state index contributed by atoms with van der Waals surface area (Å²) in [7, 11) is -5.35. The molecule has 0 aliphatic carbocycles. The molecule has 0 aliphatic rings. The van der Waals surface area contributed by atoms with Gasteiger partial charge in [-0.05, 0) is 31.2 Å². The monoisotopic (exact) mass is 494 g/mol. The molecule has 0 saturated heterocycles. The van der Waals surface area contributed by atoms with Gasteiger partial charge in [0, 0.05) is 0 Å². The first kappa shape index (κ1) is 24.4. The minimum absolute atomic E-state index is 0.133. The van der Waals surface area contributed by atoms with Crippen LogP contribution in [0.25, 0.3) is 5.69 Å². The fraction of sp³-hybridized carbons (Fsp3) is 0.211. The van der Waals surface area contributed by atoms with Gasteiger partial charge in [0.05, 0.1) is 16.3 Å². The summed E-state index contributed by atoms with van der Waals surface area (Å²) >= 11 is 0. The predicted molar refractivity (Wildman–Crippen MR) is 106 cm³/mol. The molecule has 0 saturated carbocycles. The highest BCUT2D eigenvalue weighted by Crippen LogP contribution is 2.44. The van der Waals surface area contributed by atoms with Gasteiger partial charge < -0.3 is 5.32 Å². The average Bonchev–Trinajstić information content (AvgIpc) is 3.01. The first-order valence-corrected chi connectivity index (χ1v) is 10.6. The van der Waals surface area contributed by atoms with E-state index in [-0.39, 0.29) is 11.4 Å². The Morgan fingerprint density at radius 3 is 1.82 bits per heavy atom. The Morgan fingerprint density at radius 1 is 0.848 bits per heavy atom. The number of hydrogen-bond acceptors (Lipinski definition) is 4. The van der Waals surface area contributed by atoms with E-state index in [1.165, 1.54) is 30.3 Å². The number of halogens is 6. The average molecular weight is 494 g/mol. The molecule has 0 fully saturated rings. The van der Waals surface area contributed by atoms with Gasteiger partial charge in [0.25, 0.3) is 11.2 Å². The van der Waals surface area contributed by atoms with Crippen molar-refractivity contribution in [3.05, 3.63) is 76.7 Å². The minimum atomic E-state index is -6.25. The van der Waals surface area contributed by atoms with Gasteiger partial charge in [-0.2, -0.15) is 31.1 Å². The third-order valence-corrected chi connectivity index (χ3v) is 6.06. The second kappa shape index (κ2) is 8.26. The van der Waals surface area contributed by atoms with Gasteiger partial charge >= 0.3 is 12.4 Å². The maximum Gasteiger partial charge on any atom is 0.435 e. The quantitative estimate of drug-likeness (QED) is 0.360. The summed E-state index contributed by atoms with van der Waals surface area (Å²) in [5.41, 5.74) is -7.87. The number of nitrogens with zero attached hydrogens (tertiary/aromatic N) is 1. The molecule has 7 nitrogen and oxygen atoms in total. The molecule has 3 aromatic rings. The van der Waals surface area contributed by atoms with E-state index in [4.69, 9.17) is 0 Å². The number of aromatic amines is 1. The first-order valence-electron chi connectivity index (χ1n) is 9.07. The van der Waals surface area contributed by atoms with Crippen LogP contribution < -0.4 is 15.6 Å². The zero-order valence-electron chi connectivity index (χ0n) is 16.6. The fourth-order valence-corrected chi connectivity index (χ4v) is 4.26. The number of benzene rings is 2. The highest BCUT2D eigenvalue weighted by atomic mass is 32.2. The highest BCUT2D eigenvalue weighted by Gasteiger charge is 2.73. The molecule has 33 heavy (non-hydrogen) atoms. The molecule has 2 aromatic carbocycles. The van der Waals surface area contributed by atoms with Crippen molar-refractivity contribution < 1.29 is 34.8 Å². The number of anilines is 1. The zero-order valence-corrected chi connectivity index (χ0v) is 17.4. The molecule has 0 bridgehead atoms. The largest absolute Gasteiger partial charge is 0.435 e. The van der Waals surface area contributed by atoms with Crippen LogP contribution in [0.2, 0.25) is 0 Å². The molecule has 14 heteroatoms. The van der Waals surface area contributed by atoms with Gasteiger partial charge in [-0.15, -0.1) is 0 Å². The number of sulfonamides is 1. The molecular formula is C19H16F6N4O3S. The molecule has 1 aromatic heterocycles. The number of H-pyrrole nitrogens is 1. The zero-order chi connectivity index (χ0) is 24.7. The second-order valence-corrected chi connectivity index (χ2v) is 8.56. The lowest BCUT2D eigenvalue weighted by atomic mass is 10.1. The summed E-state index contributed by atoms with van der Waals surface area (Å²) in [5.74, 6) is 0. The van der Waals surface area contributed by atoms with E-state index in [0.29, 0.717) is 4.72 Å². The van der Waals surface area contributed by atoms with Gasteiger partial charge in [-0.3, -0.25) is 9.89 Å². The summed E-state index contributed by atoms with van der Waals surface area (Å²) in [5, 5.41) is 3.50. The van der Waals surface area contributed by atoms with Gasteiger partial charge in [-0.25, -0.2) is 13.1 Å². The van der Waals surface area contributed by atoms with Crippen molar-refractivity contribution >= 4 is 15.7 Å². The Bertz CT molecular complexity index is 1270. The molecule has 0 spiro atoms. The lowest BCUT2D eigenvalue weighted by molar-refractivity contribution is -0.291. The van der Waals surface area contributed by atoms with E-state index in [1.54, 1.807) is 6.07 Å². The molecule has 0 atom stereocenters. The van der Waals surface area contributed by atoms with Crippen LogP contribution in [0, 0.1) is 6.92 Å². The van der Waals surface area contributed by atoms with Crippen LogP contribution in [0.15, 0.2) is 70.4 Å². The predicted octanol–water partition coefficient (Wildman–Crippen LogP) is 3.69. The van der Waals surface area contributed by atoms with Crippen LogP contribution in [0.3, 0.4) is 0 Å². The van der Waals surface area contributed by atoms with Crippen molar-refractivity contribution in [1.82, 2.24) is 14.5 Å². The maximum atomic E-state index is 14.0. The summed E-state index contributed by atoms with van der Waals surface area (Å²) in [6.45, 7) is 1.06. The molecule has 0 unspecified atom stereocenters. The van der Waals surface area contributed by atoms with E-state index in [2.05, 4.69) is 5.10 Å². The second-order valence-electron chi connectivity index (χ2n) is 6.88. The maximum absolute atomic E-state index is 14.0. The smallest absolute Gasteiger partial charge is 0.345 e. The standard InChI is InChI=1S/C19H16F6N4O3S/c1-12-15(16(30)29(27-12)13-8-4-2-5-9-13)26-17(18(20,21)22,19(23,24)25)28-33(31,32)14-10-6-3-7-11-14/h2-11,26-28H,1H3. The van der Waals surface area contributed by atoms with Crippen molar-refractivity contribution in [1.29, 1.82) is 0 Å². The third kappa shape index (κ3) is 4.48. The summed E-state index contributed by atoms with van der Waals surface area (Å²) in [6, 6.07) is 12.6.